The molecule has 0 atom stereocenters. The number of hydrogen-bond acceptors (Lipinski definition) is 3. The maximum Gasteiger partial charge on any atom is 0.416 e. The largest absolute Gasteiger partial charge is 0.416 e. The fraction of sp³-hybridized carbons (Fsp3) is 0.391. The number of benzene rings is 2. The molecular weight excluding hydrogens is 407 g/mol. The quantitative estimate of drug-likeness (QED) is 0.334. The molecule has 0 spiro atoms. The van der Waals surface area contributed by atoms with Crippen LogP contribution >= 0.6 is 12.1 Å². The predicted octanol–water partition coefficient (Wildman–Crippen LogP) is 6.24. The van der Waals surface area contributed by atoms with E-state index in [1.807, 2.05) is 24.5 Å². The molecule has 0 saturated carbocycles. The fourth-order valence-electron chi connectivity index (χ4n) is 3.50. The van der Waals surface area contributed by atoms with Crippen LogP contribution in [0.2, 0.25) is 0 Å². The van der Waals surface area contributed by atoms with Crippen molar-refractivity contribution in [2.45, 2.75) is 33.0 Å². The van der Waals surface area contributed by atoms with Crippen LogP contribution in [0.1, 0.15) is 25.0 Å². The monoisotopic (exact) mass is 435 g/mol. The molecule has 0 radical (unpaired) electrons. The molecule has 0 bridgehead atoms. The molecule has 3 nitrogen and oxygen atoms in total. The van der Waals surface area contributed by atoms with E-state index >= 15 is 0 Å². The number of nitrogens with zero attached hydrogens (tertiary/aromatic N) is 2. The lowest BCUT2D eigenvalue weighted by Gasteiger charge is -2.10. The predicted molar refractivity (Wildman–Crippen MR) is 120 cm³/mol. The van der Waals surface area contributed by atoms with Crippen molar-refractivity contribution in [3.63, 3.8) is 0 Å². The molecular formula is C23H28F3N3S. The molecule has 162 valence electrons. The number of rotatable bonds is 8. The van der Waals surface area contributed by atoms with Crippen LogP contribution in [-0.2, 0) is 19.1 Å². The molecule has 0 fully saturated rings. The van der Waals surface area contributed by atoms with E-state index < -0.39 is 11.7 Å². The van der Waals surface area contributed by atoms with Crippen molar-refractivity contribution in [2.75, 3.05) is 20.6 Å². The van der Waals surface area contributed by atoms with Crippen molar-refractivity contribution in [3.8, 4) is 11.1 Å². The lowest BCUT2D eigenvalue weighted by Crippen LogP contribution is -2.15. The van der Waals surface area contributed by atoms with E-state index in [0.29, 0.717) is 5.92 Å². The molecule has 0 aliphatic carbocycles. The Kier molecular flexibility index (Phi) is 7.16. The van der Waals surface area contributed by atoms with E-state index in [4.69, 9.17) is 0 Å². The molecule has 0 aliphatic heterocycles. The molecule has 2 aromatic carbocycles. The Balaban J connectivity index is 1.91. The van der Waals surface area contributed by atoms with Crippen molar-refractivity contribution < 1.29 is 13.2 Å². The van der Waals surface area contributed by atoms with Crippen LogP contribution in [0.4, 0.5) is 13.2 Å². The molecule has 1 aromatic heterocycles. The van der Waals surface area contributed by atoms with E-state index in [1.165, 1.54) is 10.9 Å². The third kappa shape index (κ3) is 5.59. The van der Waals surface area contributed by atoms with Gasteiger partial charge in [-0.2, -0.15) is 13.2 Å². The van der Waals surface area contributed by atoms with Gasteiger partial charge in [0.1, 0.15) is 0 Å². The average molecular weight is 436 g/mol. The van der Waals surface area contributed by atoms with E-state index in [0.717, 1.165) is 48.3 Å². The molecule has 0 saturated heterocycles. The molecule has 0 amide bonds. The first-order chi connectivity index (χ1) is 14.1. The molecule has 3 aromatic rings. The molecule has 30 heavy (non-hydrogen) atoms. The molecule has 0 aliphatic rings. The minimum atomic E-state index is -4.32. The zero-order valence-electron chi connectivity index (χ0n) is 17.8. The van der Waals surface area contributed by atoms with E-state index in [1.54, 1.807) is 24.3 Å². The van der Waals surface area contributed by atoms with Crippen molar-refractivity contribution in [1.82, 2.24) is 13.6 Å². The SMILES string of the molecule is CC(C)Cn1cc(CCNSN(C)C)c2ccc(-c3ccc(C(F)(F)F)cc3)cc21. The number of alkyl halides is 3. The van der Waals surface area contributed by atoms with Gasteiger partial charge in [0, 0.05) is 42.3 Å². The highest BCUT2D eigenvalue weighted by Gasteiger charge is 2.30. The fourth-order valence-corrected chi connectivity index (χ4v) is 3.95. The van der Waals surface area contributed by atoms with Crippen molar-refractivity contribution in [1.29, 1.82) is 0 Å². The highest BCUT2D eigenvalue weighted by molar-refractivity contribution is 7.95. The van der Waals surface area contributed by atoms with Crippen LogP contribution in [0, 0.1) is 5.92 Å². The molecule has 0 unspecified atom stereocenters. The topological polar surface area (TPSA) is 20.2 Å². The number of fused-ring (bicyclic) bond motifs is 1. The number of hydrogen-bond donors (Lipinski definition) is 1. The number of halogens is 3. The van der Waals surface area contributed by atoms with Gasteiger partial charge in [-0.15, -0.1) is 0 Å². The van der Waals surface area contributed by atoms with Gasteiger partial charge < -0.3 is 4.57 Å². The van der Waals surface area contributed by atoms with Gasteiger partial charge in [0.25, 0.3) is 0 Å². The maximum absolute atomic E-state index is 12.9. The van der Waals surface area contributed by atoms with Gasteiger partial charge in [0.15, 0.2) is 0 Å². The van der Waals surface area contributed by atoms with Gasteiger partial charge in [0.05, 0.1) is 5.56 Å². The van der Waals surface area contributed by atoms with Gasteiger partial charge in [0.2, 0.25) is 0 Å². The van der Waals surface area contributed by atoms with Crippen LogP contribution in [0.15, 0.2) is 48.7 Å². The van der Waals surface area contributed by atoms with E-state index in [-0.39, 0.29) is 0 Å². The summed E-state index contributed by atoms with van der Waals surface area (Å²) < 4.78 is 46.2. The van der Waals surface area contributed by atoms with Crippen molar-refractivity contribution in [3.05, 3.63) is 59.8 Å². The van der Waals surface area contributed by atoms with Crippen LogP contribution in [0.3, 0.4) is 0 Å². The minimum Gasteiger partial charge on any atom is -0.347 e. The summed E-state index contributed by atoms with van der Waals surface area (Å²) in [6.07, 6.45) is -1.20. The van der Waals surface area contributed by atoms with Gasteiger partial charge >= 0.3 is 6.18 Å². The lowest BCUT2D eigenvalue weighted by atomic mass is 10.0. The number of aromatic nitrogens is 1. The molecule has 1 heterocycles. The van der Waals surface area contributed by atoms with E-state index in [2.05, 4.69) is 41.5 Å². The first-order valence-electron chi connectivity index (χ1n) is 10.0. The first-order valence-corrected chi connectivity index (χ1v) is 10.8. The normalized spacial score (nSPS) is 12.4. The van der Waals surface area contributed by atoms with Crippen LogP contribution in [-0.4, -0.2) is 29.5 Å². The third-order valence-corrected chi connectivity index (χ3v) is 5.51. The Morgan fingerprint density at radius 2 is 1.70 bits per heavy atom. The van der Waals surface area contributed by atoms with Crippen LogP contribution < -0.4 is 4.72 Å². The first kappa shape index (κ1) is 22.7. The third-order valence-electron chi connectivity index (χ3n) is 4.82. The van der Waals surface area contributed by atoms with Gasteiger partial charge in [-0.3, -0.25) is 4.72 Å². The van der Waals surface area contributed by atoms with Gasteiger partial charge in [-0.25, -0.2) is 4.31 Å². The standard InChI is InChI=1S/C23H28F3N3S/c1-16(2)14-29-15-19(11-12-27-30-28(3)4)21-10-7-18(13-22(21)29)17-5-8-20(9-6-17)23(24,25)26/h5-10,13,15-16,27H,11-12,14H2,1-4H3. The minimum absolute atomic E-state index is 0.491. The second-order valence-corrected chi connectivity index (χ2v) is 9.26. The van der Waals surface area contributed by atoms with E-state index in [9.17, 15) is 13.2 Å². The Morgan fingerprint density at radius 1 is 1.03 bits per heavy atom. The molecule has 7 heteroatoms. The highest BCUT2D eigenvalue weighted by Crippen LogP contribution is 2.33. The zero-order valence-corrected chi connectivity index (χ0v) is 18.6. The number of nitrogens with one attached hydrogen (secondary N) is 1. The summed E-state index contributed by atoms with van der Waals surface area (Å²) in [6, 6.07) is 11.6. The summed E-state index contributed by atoms with van der Waals surface area (Å²) in [6.45, 7) is 6.11. The summed E-state index contributed by atoms with van der Waals surface area (Å²) in [7, 11) is 3.99. The molecule has 1 N–H and O–H groups in total. The van der Waals surface area contributed by atoms with Crippen LogP contribution in [0.5, 0.6) is 0 Å². The van der Waals surface area contributed by atoms with Crippen molar-refractivity contribution >= 4 is 23.0 Å². The maximum atomic E-state index is 12.9. The Bertz CT molecular complexity index is 976. The smallest absolute Gasteiger partial charge is 0.347 e. The second-order valence-electron chi connectivity index (χ2n) is 8.06. The summed E-state index contributed by atoms with van der Waals surface area (Å²) >= 11 is 1.57. The van der Waals surface area contributed by atoms with Gasteiger partial charge in [-0.05, 0) is 61.3 Å². The van der Waals surface area contributed by atoms with Crippen molar-refractivity contribution in [2.24, 2.45) is 5.92 Å². The van der Waals surface area contributed by atoms with Gasteiger partial charge in [-0.1, -0.05) is 38.1 Å². The summed E-state index contributed by atoms with van der Waals surface area (Å²) in [4.78, 5) is 0. The van der Waals surface area contributed by atoms with Crippen LogP contribution in [0.25, 0.3) is 22.0 Å². The lowest BCUT2D eigenvalue weighted by molar-refractivity contribution is -0.137. The zero-order chi connectivity index (χ0) is 21.9. The summed E-state index contributed by atoms with van der Waals surface area (Å²) in [5.41, 5.74) is 3.48. The highest BCUT2D eigenvalue weighted by atomic mass is 32.2. The molecule has 3 rings (SSSR count). The summed E-state index contributed by atoms with van der Waals surface area (Å²) in [5, 5.41) is 1.20. The Labute approximate surface area is 180 Å². The average Bonchev–Trinajstić information content (AvgIpc) is 3.01. The summed E-state index contributed by atoms with van der Waals surface area (Å²) in [5.74, 6) is 0.491. The Hall–Kier alpha value is -1.96. The Morgan fingerprint density at radius 3 is 2.30 bits per heavy atom. The second kappa shape index (κ2) is 9.45.